The molecule has 1 N–H and O–H groups in total. The number of rotatable bonds is 5. The standard InChI is InChI=1S/C14H15BrOS2/c1-10-3-2-4-12(7-10)17-9-11(16)8-13-5-6-14(15)18-13/h2-7,11,16H,8-9H2,1H3. The van der Waals surface area contributed by atoms with Crippen LogP contribution >= 0.6 is 39.0 Å². The van der Waals surface area contributed by atoms with Crippen molar-refractivity contribution in [3.05, 3.63) is 50.6 Å². The summed E-state index contributed by atoms with van der Waals surface area (Å²) in [6.45, 7) is 2.09. The normalized spacial score (nSPS) is 12.6. The summed E-state index contributed by atoms with van der Waals surface area (Å²) in [4.78, 5) is 2.45. The highest BCUT2D eigenvalue weighted by Crippen LogP contribution is 2.25. The van der Waals surface area contributed by atoms with Crippen LogP contribution in [0.3, 0.4) is 0 Å². The first-order valence-electron chi connectivity index (χ1n) is 5.75. The highest BCUT2D eigenvalue weighted by Gasteiger charge is 2.08. The van der Waals surface area contributed by atoms with Crippen molar-refractivity contribution < 1.29 is 5.11 Å². The predicted octanol–water partition coefficient (Wildman–Crippen LogP) is 4.51. The Balaban J connectivity index is 1.83. The molecule has 18 heavy (non-hydrogen) atoms. The van der Waals surface area contributed by atoms with Gasteiger partial charge in [-0.1, -0.05) is 17.7 Å². The van der Waals surface area contributed by atoms with E-state index in [1.54, 1.807) is 23.1 Å². The monoisotopic (exact) mass is 342 g/mol. The molecule has 0 spiro atoms. The largest absolute Gasteiger partial charge is 0.392 e. The molecule has 0 amide bonds. The lowest BCUT2D eigenvalue weighted by Crippen LogP contribution is -2.12. The van der Waals surface area contributed by atoms with Crippen molar-refractivity contribution >= 4 is 39.0 Å². The average Bonchev–Trinajstić information content (AvgIpc) is 2.72. The molecule has 0 aliphatic rings. The maximum absolute atomic E-state index is 10.0. The third-order valence-electron chi connectivity index (χ3n) is 2.50. The maximum atomic E-state index is 10.0. The summed E-state index contributed by atoms with van der Waals surface area (Å²) < 4.78 is 1.12. The fourth-order valence-electron chi connectivity index (χ4n) is 1.65. The molecule has 0 aliphatic heterocycles. The second kappa shape index (κ2) is 6.75. The van der Waals surface area contributed by atoms with Gasteiger partial charge in [0, 0.05) is 21.9 Å². The summed E-state index contributed by atoms with van der Waals surface area (Å²) >= 11 is 6.84. The molecule has 1 heterocycles. The second-order valence-corrected chi connectivity index (χ2v) is 7.83. The molecule has 2 rings (SSSR count). The molecule has 0 bridgehead atoms. The van der Waals surface area contributed by atoms with Gasteiger partial charge in [0.1, 0.15) is 0 Å². The van der Waals surface area contributed by atoms with E-state index in [-0.39, 0.29) is 6.10 Å². The molecule has 1 atom stereocenters. The molecule has 0 saturated carbocycles. The summed E-state index contributed by atoms with van der Waals surface area (Å²) in [5.74, 6) is 0.735. The van der Waals surface area contributed by atoms with Crippen LogP contribution in [0.5, 0.6) is 0 Å². The van der Waals surface area contributed by atoms with Crippen LogP contribution < -0.4 is 0 Å². The van der Waals surface area contributed by atoms with Crippen LogP contribution in [0.15, 0.2) is 45.1 Å². The number of hydrogen-bond donors (Lipinski definition) is 1. The van der Waals surface area contributed by atoms with Gasteiger partial charge in [-0.25, -0.2) is 0 Å². The fourth-order valence-corrected chi connectivity index (χ4v) is 4.15. The molecule has 1 aromatic carbocycles. The first kappa shape index (κ1) is 14.1. The highest BCUT2D eigenvalue weighted by molar-refractivity contribution is 9.11. The zero-order valence-electron chi connectivity index (χ0n) is 10.1. The van der Waals surface area contributed by atoms with E-state index in [1.165, 1.54) is 15.3 Å². The summed E-state index contributed by atoms with van der Waals surface area (Å²) in [5, 5.41) is 10.0. The Bertz CT molecular complexity index is 510. The van der Waals surface area contributed by atoms with E-state index in [0.717, 1.165) is 16.0 Å². The van der Waals surface area contributed by atoms with E-state index >= 15 is 0 Å². The highest BCUT2D eigenvalue weighted by atomic mass is 79.9. The molecule has 0 aliphatic carbocycles. The van der Waals surface area contributed by atoms with Crippen molar-refractivity contribution in [2.45, 2.75) is 24.3 Å². The third-order valence-corrected chi connectivity index (χ3v) is 5.28. The Morgan fingerprint density at radius 3 is 2.83 bits per heavy atom. The Morgan fingerprint density at radius 1 is 1.33 bits per heavy atom. The van der Waals surface area contributed by atoms with E-state index in [0.29, 0.717) is 0 Å². The van der Waals surface area contributed by atoms with E-state index < -0.39 is 0 Å². The zero-order valence-corrected chi connectivity index (χ0v) is 13.3. The number of benzene rings is 1. The van der Waals surface area contributed by atoms with Gasteiger partial charge in [-0.15, -0.1) is 23.1 Å². The minimum atomic E-state index is -0.291. The van der Waals surface area contributed by atoms with E-state index in [2.05, 4.69) is 53.2 Å². The van der Waals surface area contributed by atoms with Crippen molar-refractivity contribution in [1.82, 2.24) is 0 Å². The quantitative estimate of drug-likeness (QED) is 0.806. The number of hydrogen-bond acceptors (Lipinski definition) is 3. The van der Waals surface area contributed by atoms with Crippen LogP contribution in [-0.4, -0.2) is 17.0 Å². The Kier molecular flexibility index (Phi) is 5.30. The predicted molar refractivity (Wildman–Crippen MR) is 83.6 cm³/mol. The van der Waals surface area contributed by atoms with Gasteiger partial charge in [0.15, 0.2) is 0 Å². The van der Waals surface area contributed by atoms with Crippen LogP contribution in [0.25, 0.3) is 0 Å². The maximum Gasteiger partial charge on any atom is 0.0701 e. The molecule has 1 unspecified atom stereocenters. The number of halogens is 1. The van der Waals surface area contributed by atoms with E-state index in [9.17, 15) is 5.11 Å². The fraction of sp³-hybridized carbons (Fsp3) is 0.286. The molecule has 2 aromatic rings. The van der Waals surface area contributed by atoms with Gasteiger partial charge in [-0.3, -0.25) is 0 Å². The summed E-state index contributed by atoms with van der Waals surface area (Å²) in [6, 6.07) is 12.5. The molecule has 0 radical (unpaired) electrons. The lowest BCUT2D eigenvalue weighted by Gasteiger charge is -2.09. The van der Waals surface area contributed by atoms with Gasteiger partial charge in [-0.2, -0.15) is 0 Å². The Hall–Kier alpha value is -0.290. The van der Waals surface area contributed by atoms with Gasteiger partial charge in [0.25, 0.3) is 0 Å². The SMILES string of the molecule is Cc1cccc(SCC(O)Cc2ccc(Br)s2)c1. The van der Waals surface area contributed by atoms with Gasteiger partial charge in [0.05, 0.1) is 9.89 Å². The minimum absolute atomic E-state index is 0.291. The zero-order chi connectivity index (χ0) is 13.0. The molecule has 96 valence electrons. The molecular formula is C14H15BrOS2. The molecule has 0 saturated heterocycles. The molecule has 0 fully saturated rings. The number of thioether (sulfide) groups is 1. The van der Waals surface area contributed by atoms with Gasteiger partial charge < -0.3 is 5.11 Å². The smallest absolute Gasteiger partial charge is 0.0701 e. The number of aliphatic hydroxyl groups is 1. The van der Waals surface area contributed by atoms with Crippen molar-refractivity contribution in [3.8, 4) is 0 Å². The van der Waals surface area contributed by atoms with E-state index in [4.69, 9.17) is 0 Å². The minimum Gasteiger partial charge on any atom is -0.392 e. The van der Waals surface area contributed by atoms with Crippen LogP contribution in [-0.2, 0) is 6.42 Å². The van der Waals surface area contributed by atoms with Gasteiger partial charge in [-0.05, 0) is 47.1 Å². The average molecular weight is 343 g/mol. The lowest BCUT2D eigenvalue weighted by molar-refractivity contribution is 0.201. The lowest BCUT2D eigenvalue weighted by atomic mass is 10.2. The first-order valence-corrected chi connectivity index (χ1v) is 8.35. The van der Waals surface area contributed by atoms with Crippen LogP contribution in [0.2, 0.25) is 0 Å². The van der Waals surface area contributed by atoms with Crippen molar-refractivity contribution in [1.29, 1.82) is 0 Å². The first-order chi connectivity index (χ1) is 8.63. The molecule has 4 heteroatoms. The number of aryl methyl sites for hydroxylation is 1. The van der Waals surface area contributed by atoms with Crippen molar-refractivity contribution in [3.63, 3.8) is 0 Å². The molecule has 1 aromatic heterocycles. The third kappa shape index (κ3) is 4.43. The van der Waals surface area contributed by atoms with Crippen LogP contribution in [0, 0.1) is 6.92 Å². The van der Waals surface area contributed by atoms with Crippen LogP contribution in [0.1, 0.15) is 10.4 Å². The summed E-state index contributed by atoms with van der Waals surface area (Å²) in [6.07, 6.45) is 0.441. The number of aliphatic hydroxyl groups excluding tert-OH is 1. The molecule has 1 nitrogen and oxygen atoms in total. The Labute approximate surface area is 124 Å². The van der Waals surface area contributed by atoms with Gasteiger partial charge >= 0.3 is 0 Å². The Morgan fingerprint density at radius 2 is 2.17 bits per heavy atom. The van der Waals surface area contributed by atoms with E-state index in [1.807, 2.05) is 6.07 Å². The number of thiophene rings is 1. The topological polar surface area (TPSA) is 20.2 Å². The van der Waals surface area contributed by atoms with Gasteiger partial charge in [0.2, 0.25) is 0 Å². The summed E-state index contributed by atoms with van der Waals surface area (Å²) in [5.41, 5.74) is 1.26. The van der Waals surface area contributed by atoms with Crippen molar-refractivity contribution in [2.75, 3.05) is 5.75 Å². The second-order valence-electron chi connectivity index (χ2n) is 4.19. The summed E-state index contributed by atoms with van der Waals surface area (Å²) in [7, 11) is 0. The van der Waals surface area contributed by atoms with Crippen molar-refractivity contribution in [2.24, 2.45) is 0 Å². The molecular weight excluding hydrogens is 328 g/mol. The van der Waals surface area contributed by atoms with Crippen LogP contribution in [0.4, 0.5) is 0 Å².